The minimum absolute atomic E-state index is 0.0296. The van der Waals surface area contributed by atoms with E-state index in [1.165, 1.54) is 122 Å². The van der Waals surface area contributed by atoms with E-state index in [2.05, 4.69) is 74.6 Å². The van der Waals surface area contributed by atoms with Gasteiger partial charge in [0.1, 0.15) is 6.61 Å². The molecule has 8 heteroatoms. The van der Waals surface area contributed by atoms with Gasteiger partial charge < -0.3 is 23.8 Å². The fourth-order valence-corrected chi connectivity index (χ4v) is 7.59. The van der Waals surface area contributed by atoms with Crippen molar-refractivity contribution in [2.24, 2.45) is 0 Å². The highest BCUT2D eigenvalue weighted by atomic mass is 16.6. The van der Waals surface area contributed by atoms with Gasteiger partial charge in [0.2, 0.25) is 0 Å². The van der Waals surface area contributed by atoms with Crippen molar-refractivity contribution in [1.29, 1.82) is 0 Å². The zero-order chi connectivity index (χ0) is 47.7. The summed E-state index contributed by atoms with van der Waals surface area (Å²) >= 11 is 0. The molecule has 374 valence electrons. The van der Waals surface area contributed by atoms with Crippen molar-refractivity contribution in [3.05, 3.63) is 72.9 Å². The number of ether oxygens (including phenoxy) is 3. The van der Waals surface area contributed by atoms with Crippen LogP contribution in [-0.4, -0.2) is 80.6 Å². The van der Waals surface area contributed by atoms with Crippen molar-refractivity contribution in [2.75, 3.05) is 41.0 Å². The number of unbranched alkanes of at least 4 members (excludes halogenated alkanes) is 21. The molecule has 8 nitrogen and oxygen atoms in total. The van der Waals surface area contributed by atoms with E-state index >= 15 is 0 Å². The van der Waals surface area contributed by atoms with Crippen LogP contribution in [0.15, 0.2) is 72.9 Å². The van der Waals surface area contributed by atoms with Crippen molar-refractivity contribution in [3.8, 4) is 0 Å². The Labute approximate surface area is 400 Å². The van der Waals surface area contributed by atoms with E-state index in [9.17, 15) is 19.5 Å². The molecule has 65 heavy (non-hydrogen) atoms. The molecule has 0 rings (SSSR count). The van der Waals surface area contributed by atoms with Crippen molar-refractivity contribution in [3.63, 3.8) is 0 Å². The molecule has 0 heterocycles. The second-order valence-corrected chi connectivity index (χ2v) is 18.8. The standard InChI is InChI=1S/C57H99NO7/c1-6-8-10-12-14-16-18-20-22-24-26-27-28-30-31-33-35-37-39-41-43-45-47-55(59)64-52-53(51-63-50-49-54(57(61)62)58(3,4)5)65-56(60)48-46-44-42-40-38-36-34-32-29-25-23-21-19-17-15-13-11-9-7-2/h9,11,15,17,21,23,29,32,36,38,42,44,53-54H,6-8,10,12-14,16,18-20,22,24-28,30-31,33-35,37,39-41,43,45-52H2,1-5H3/p+1/b11-9+,17-15+,23-21+,32-29+,38-36+,44-42+. The number of carboxylic acids is 1. The molecule has 0 aromatic heterocycles. The first kappa shape index (κ1) is 61.8. The Balaban J connectivity index is 4.30. The van der Waals surface area contributed by atoms with Crippen LogP contribution in [0.3, 0.4) is 0 Å². The number of hydrogen-bond donors (Lipinski definition) is 1. The first-order valence-corrected chi connectivity index (χ1v) is 26.5. The smallest absolute Gasteiger partial charge is 0.362 e. The van der Waals surface area contributed by atoms with Crippen LogP contribution in [0.1, 0.15) is 219 Å². The molecule has 0 saturated carbocycles. The molecule has 0 radical (unpaired) electrons. The molecule has 0 fully saturated rings. The number of allylic oxidation sites excluding steroid dienone is 12. The fourth-order valence-electron chi connectivity index (χ4n) is 7.59. The molecule has 1 N–H and O–H groups in total. The monoisotopic (exact) mass is 911 g/mol. The van der Waals surface area contributed by atoms with E-state index < -0.39 is 18.1 Å². The summed E-state index contributed by atoms with van der Waals surface area (Å²) in [5.41, 5.74) is 0. The molecule has 0 aromatic rings. The lowest BCUT2D eigenvalue weighted by molar-refractivity contribution is -0.887. The van der Waals surface area contributed by atoms with E-state index in [0.29, 0.717) is 19.3 Å². The lowest BCUT2D eigenvalue weighted by atomic mass is 10.0. The molecule has 0 bridgehead atoms. The molecule has 2 atom stereocenters. The second kappa shape index (κ2) is 47.3. The molecular weight excluding hydrogens is 811 g/mol. The number of esters is 2. The van der Waals surface area contributed by atoms with Gasteiger partial charge in [0.25, 0.3) is 0 Å². The Morgan fingerprint density at radius 1 is 0.477 bits per heavy atom. The molecule has 0 aliphatic carbocycles. The van der Waals surface area contributed by atoms with Crippen LogP contribution < -0.4 is 0 Å². The molecule has 0 aromatic carbocycles. The minimum Gasteiger partial charge on any atom is -0.477 e. The Kier molecular flexibility index (Phi) is 44.9. The lowest BCUT2D eigenvalue weighted by Crippen LogP contribution is -2.50. The summed E-state index contributed by atoms with van der Waals surface area (Å²) in [6.07, 6.45) is 61.2. The Morgan fingerprint density at radius 3 is 1.25 bits per heavy atom. The molecular formula is C57H100NO7+. The number of nitrogens with zero attached hydrogens (tertiary/aromatic N) is 1. The quantitative estimate of drug-likeness (QED) is 0.0281. The summed E-state index contributed by atoms with van der Waals surface area (Å²) in [7, 11) is 5.51. The van der Waals surface area contributed by atoms with Crippen molar-refractivity contribution in [1.82, 2.24) is 0 Å². The number of carboxylic acid groups (broad SMARTS) is 1. The normalized spacial score (nSPS) is 13.4. The van der Waals surface area contributed by atoms with Crippen LogP contribution in [0, 0.1) is 0 Å². The van der Waals surface area contributed by atoms with Gasteiger partial charge in [-0.2, -0.15) is 0 Å². The van der Waals surface area contributed by atoms with Crippen LogP contribution >= 0.6 is 0 Å². The summed E-state index contributed by atoms with van der Waals surface area (Å²) < 4.78 is 17.3. The van der Waals surface area contributed by atoms with Gasteiger partial charge in [0.05, 0.1) is 34.4 Å². The third-order valence-corrected chi connectivity index (χ3v) is 11.6. The first-order chi connectivity index (χ1) is 31.6. The second-order valence-electron chi connectivity index (χ2n) is 18.8. The van der Waals surface area contributed by atoms with Gasteiger partial charge in [-0.15, -0.1) is 0 Å². The highest BCUT2D eigenvalue weighted by Crippen LogP contribution is 2.16. The van der Waals surface area contributed by atoms with Gasteiger partial charge in [0, 0.05) is 19.3 Å². The topological polar surface area (TPSA) is 99.1 Å². The van der Waals surface area contributed by atoms with Crippen molar-refractivity contribution < 1.29 is 38.2 Å². The van der Waals surface area contributed by atoms with Crippen LogP contribution in [0.25, 0.3) is 0 Å². The van der Waals surface area contributed by atoms with E-state index in [-0.39, 0.29) is 42.7 Å². The summed E-state index contributed by atoms with van der Waals surface area (Å²) in [6.45, 7) is 4.57. The van der Waals surface area contributed by atoms with Gasteiger partial charge in [-0.1, -0.05) is 222 Å². The maximum Gasteiger partial charge on any atom is 0.362 e. The maximum atomic E-state index is 12.8. The van der Waals surface area contributed by atoms with Crippen molar-refractivity contribution >= 4 is 17.9 Å². The fraction of sp³-hybridized carbons (Fsp3) is 0.737. The number of likely N-dealkylation sites (N-methyl/N-ethyl adjacent to an activating group) is 1. The number of carbonyl (C=O) groups is 3. The molecule has 0 spiro atoms. The minimum atomic E-state index is -0.886. The molecule has 0 aliphatic rings. The van der Waals surface area contributed by atoms with Gasteiger partial charge in [-0.25, -0.2) is 4.79 Å². The number of quaternary nitrogens is 1. The number of hydrogen-bond acceptors (Lipinski definition) is 6. The van der Waals surface area contributed by atoms with Crippen LogP contribution in [0.5, 0.6) is 0 Å². The largest absolute Gasteiger partial charge is 0.477 e. The Bertz CT molecular complexity index is 1290. The highest BCUT2D eigenvalue weighted by Gasteiger charge is 2.31. The SMILES string of the molecule is CC/C=C/C/C=C/C/C=C/C/C=C/C/C=C/C/C=C/CCC(=O)OC(COCCC(C(=O)O)[N+](C)(C)C)COC(=O)CCCCCCCCCCCCCCCCCCCCCCCC. The van der Waals surface area contributed by atoms with Gasteiger partial charge in [-0.05, 0) is 51.4 Å². The highest BCUT2D eigenvalue weighted by molar-refractivity contribution is 5.72. The molecule has 0 aliphatic heterocycles. The van der Waals surface area contributed by atoms with E-state index in [4.69, 9.17) is 14.2 Å². The summed E-state index contributed by atoms with van der Waals surface area (Å²) in [5.74, 6) is -1.57. The first-order valence-electron chi connectivity index (χ1n) is 26.5. The Hall–Kier alpha value is -3.23. The van der Waals surface area contributed by atoms with E-state index in [1.807, 2.05) is 33.3 Å². The van der Waals surface area contributed by atoms with Gasteiger partial charge in [-0.3, -0.25) is 9.59 Å². The predicted molar refractivity (Wildman–Crippen MR) is 275 cm³/mol. The predicted octanol–water partition coefficient (Wildman–Crippen LogP) is 15.5. The van der Waals surface area contributed by atoms with E-state index in [1.54, 1.807) is 0 Å². The zero-order valence-electron chi connectivity index (χ0n) is 42.7. The molecule has 2 unspecified atom stereocenters. The van der Waals surface area contributed by atoms with Crippen molar-refractivity contribution in [2.45, 2.75) is 231 Å². The van der Waals surface area contributed by atoms with E-state index in [0.717, 1.165) is 57.8 Å². The maximum absolute atomic E-state index is 12.8. The Morgan fingerprint density at radius 2 is 0.862 bits per heavy atom. The molecule has 0 amide bonds. The summed E-state index contributed by atoms with van der Waals surface area (Å²) in [5, 5.41) is 9.65. The third-order valence-electron chi connectivity index (χ3n) is 11.6. The lowest BCUT2D eigenvalue weighted by Gasteiger charge is -2.31. The molecule has 0 saturated heterocycles. The zero-order valence-corrected chi connectivity index (χ0v) is 42.7. The van der Waals surface area contributed by atoms with Crippen LogP contribution in [0.4, 0.5) is 0 Å². The average Bonchev–Trinajstić information content (AvgIpc) is 3.27. The van der Waals surface area contributed by atoms with Gasteiger partial charge in [0.15, 0.2) is 12.1 Å². The van der Waals surface area contributed by atoms with Crippen LogP contribution in [0.2, 0.25) is 0 Å². The van der Waals surface area contributed by atoms with Crippen LogP contribution in [-0.2, 0) is 28.6 Å². The average molecular weight is 911 g/mol. The summed E-state index contributed by atoms with van der Waals surface area (Å²) in [4.78, 5) is 37.1. The number of rotatable bonds is 47. The number of carbonyl (C=O) groups excluding carboxylic acids is 2. The number of aliphatic carboxylic acids is 1. The van der Waals surface area contributed by atoms with Gasteiger partial charge >= 0.3 is 17.9 Å². The third kappa shape index (κ3) is 45.7. The summed E-state index contributed by atoms with van der Waals surface area (Å²) in [6, 6.07) is -0.631.